The summed E-state index contributed by atoms with van der Waals surface area (Å²) in [5.74, 6) is -1.44. The molecule has 1 aliphatic rings. The zero-order valence-electron chi connectivity index (χ0n) is 15.9. The Morgan fingerprint density at radius 2 is 1.79 bits per heavy atom. The first kappa shape index (κ1) is 21.2. The molecule has 2 rings (SSSR count). The summed E-state index contributed by atoms with van der Waals surface area (Å²) in [6.45, 7) is 1.53. The number of ether oxygens (including phenoxy) is 1. The number of carboxylic acids is 1. The molecule has 8 heteroatoms. The van der Waals surface area contributed by atoms with Crippen LogP contribution >= 0.6 is 0 Å². The number of carboxylic acid groups (broad SMARTS) is 1. The molecule has 0 radical (unpaired) electrons. The quantitative estimate of drug-likeness (QED) is 0.616. The van der Waals surface area contributed by atoms with Crippen LogP contribution < -0.4 is 15.6 Å². The summed E-state index contributed by atoms with van der Waals surface area (Å²) in [6, 6.07) is 8.31. The van der Waals surface area contributed by atoms with Crippen LogP contribution in [0.3, 0.4) is 0 Å². The van der Waals surface area contributed by atoms with Gasteiger partial charge in [0.1, 0.15) is 5.75 Å². The number of hydrazine groups is 1. The predicted octanol–water partition coefficient (Wildman–Crippen LogP) is 2.29. The van der Waals surface area contributed by atoms with E-state index in [1.54, 1.807) is 24.3 Å². The maximum absolute atomic E-state index is 12.3. The summed E-state index contributed by atoms with van der Waals surface area (Å²) >= 11 is 0. The molecule has 1 atom stereocenters. The van der Waals surface area contributed by atoms with Crippen molar-refractivity contribution in [2.75, 3.05) is 0 Å². The Morgan fingerprint density at radius 1 is 1.14 bits per heavy atom. The van der Waals surface area contributed by atoms with Crippen LogP contribution in [0.25, 0.3) is 0 Å². The zero-order chi connectivity index (χ0) is 20.6. The Hall–Kier alpha value is -3.08. The van der Waals surface area contributed by atoms with E-state index >= 15 is 0 Å². The van der Waals surface area contributed by atoms with E-state index in [0.717, 1.165) is 19.3 Å². The van der Waals surface area contributed by atoms with E-state index in [-0.39, 0.29) is 12.8 Å². The van der Waals surface area contributed by atoms with Crippen molar-refractivity contribution in [2.24, 2.45) is 5.41 Å². The highest BCUT2D eigenvalue weighted by atomic mass is 16.5. The summed E-state index contributed by atoms with van der Waals surface area (Å²) in [4.78, 5) is 35.6. The summed E-state index contributed by atoms with van der Waals surface area (Å²) in [6.07, 6.45) is 3.39. The van der Waals surface area contributed by atoms with Gasteiger partial charge in [-0.15, -0.1) is 0 Å². The molecule has 0 aliphatic heterocycles. The molecule has 0 spiro atoms. The molecule has 1 unspecified atom stereocenters. The third-order valence-corrected chi connectivity index (χ3v) is 4.97. The molecular formula is C20H25N3O5. The first-order valence-corrected chi connectivity index (χ1v) is 9.31. The number of carbonyl (C=O) groups excluding carboxylic acids is 2. The molecule has 150 valence electrons. The predicted molar refractivity (Wildman–Crippen MR) is 99.9 cm³/mol. The maximum Gasteiger partial charge on any atom is 0.303 e. The van der Waals surface area contributed by atoms with Gasteiger partial charge >= 0.3 is 5.97 Å². The molecule has 1 fully saturated rings. The number of hydrogen-bond acceptors (Lipinski definition) is 5. The fraction of sp³-hybridized carbons (Fsp3) is 0.500. The lowest BCUT2D eigenvalue weighted by molar-refractivity contribution is -0.142. The van der Waals surface area contributed by atoms with Crippen LogP contribution in [0.2, 0.25) is 0 Å². The second-order valence-electron chi connectivity index (χ2n) is 7.24. The third kappa shape index (κ3) is 6.27. The fourth-order valence-electron chi connectivity index (χ4n) is 3.52. The standard InChI is InChI=1S/C20H25N3O5/c1-14(28-16-7-5-15(13-21)6-8-16)19(27)23-22-17(24)11-20(12-18(25)26)9-3-2-4-10-20/h5-8,14H,2-4,9-12H2,1H3,(H,22,24)(H,23,27)(H,25,26). The average Bonchev–Trinajstić information content (AvgIpc) is 2.66. The van der Waals surface area contributed by atoms with Crippen molar-refractivity contribution in [2.45, 2.75) is 58.0 Å². The molecule has 0 heterocycles. The first-order valence-electron chi connectivity index (χ1n) is 9.31. The van der Waals surface area contributed by atoms with Gasteiger partial charge in [-0.3, -0.25) is 25.2 Å². The first-order chi connectivity index (χ1) is 13.3. The van der Waals surface area contributed by atoms with Crippen LogP contribution in [-0.2, 0) is 14.4 Å². The Kier molecular flexibility index (Phi) is 7.38. The van der Waals surface area contributed by atoms with Crippen LogP contribution in [0.4, 0.5) is 0 Å². The van der Waals surface area contributed by atoms with Crippen molar-refractivity contribution in [3.63, 3.8) is 0 Å². The van der Waals surface area contributed by atoms with Gasteiger partial charge in [0, 0.05) is 6.42 Å². The van der Waals surface area contributed by atoms with E-state index in [0.29, 0.717) is 24.2 Å². The van der Waals surface area contributed by atoms with Crippen LogP contribution in [0.5, 0.6) is 5.75 Å². The van der Waals surface area contributed by atoms with E-state index < -0.39 is 29.3 Å². The second kappa shape index (κ2) is 9.74. The molecule has 1 aliphatic carbocycles. The van der Waals surface area contributed by atoms with Crippen molar-refractivity contribution in [3.8, 4) is 11.8 Å². The van der Waals surface area contributed by atoms with Crippen molar-refractivity contribution < 1.29 is 24.2 Å². The van der Waals surface area contributed by atoms with E-state index in [2.05, 4.69) is 10.9 Å². The van der Waals surface area contributed by atoms with Gasteiger partial charge in [0.25, 0.3) is 5.91 Å². The summed E-state index contributed by atoms with van der Waals surface area (Å²) in [7, 11) is 0. The number of rotatable bonds is 7. The topological polar surface area (TPSA) is 129 Å². The molecular weight excluding hydrogens is 362 g/mol. The van der Waals surface area contributed by atoms with E-state index in [9.17, 15) is 19.5 Å². The van der Waals surface area contributed by atoms with Gasteiger partial charge < -0.3 is 9.84 Å². The maximum atomic E-state index is 12.3. The smallest absolute Gasteiger partial charge is 0.303 e. The van der Waals surface area contributed by atoms with Gasteiger partial charge in [-0.1, -0.05) is 19.3 Å². The lowest BCUT2D eigenvalue weighted by Gasteiger charge is -2.35. The number of nitrogens with one attached hydrogen (secondary N) is 2. The number of carbonyl (C=O) groups is 3. The van der Waals surface area contributed by atoms with Crippen molar-refractivity contribution >= 4 is 17.8 Å². The molecule has 3 N–H and O–H groups in total. The minimum absolute atomic E-state index is 0.0490. The Bertz CT molecular complexity index is 748. The van der Waals surface area contributed by atoms with Gasteiger partial charge in [-0.2, -0.15) is 5.26 Å². The van der Waals surface area contributed by atoms with Crippen molar-refractivity contribution in [3.05, 3.63) is 29.8 Å². The summed E-state index contributed by atoms with van der Waals surface area (Å²) < 4.78 is 5.48. The van der Waals surface area contributed by atoms with Crippen LogP contribution in [-0.4, -0.2) is 29.0 Å². The lowest BCUT2D eigenvalue weighted by Crippen LogP contribution is -2.48. The number of nitriles is 1. The van der Waals surface area contributed by atoms with Gasteiger partial charge in [0.15, 0.2) is 6.10 Å². The molecule has 1 saturated carbocycles. The molecule has 1 aromatic rings. The molecule has 1 aromatic carbocycles. The van der Waals surface area contributed by atoms with Crippen LogP contribution in [0.15, 0.2) is 24.3 Å². The molecule has 8 nitrogen and oxygen atoms in total. The van der Waals surface area contributed by atoms with Crippen LogP contribution in [0.1, 0.15) is 57.4 Å². The van der Waals surface area contributed by atoms with Crippen molar-refractivity contribution in [1.82, 2.24) is 10.9 Å². The Morgan fingerprint density at radius 3 is 2.36 bits per heavy atom. The number of amides is 2. The lowest BCUT2D eigenvalue weighted by atomic mass is 9.69. The highest BCUT2D eigenvalue weighted by Gasteiger charge is 2.36. The van der Waals surface area contributed by atoms with E-state index in [1.165, 1.54) is 6.92 Å². The number of benzene rings is 1. The molecule has 0 bridgehead atoms. The van der Waals surface area contributed by atoms with E-state index in [4.69, 9.17) is 10.00 Å². The highest BCUT2D eigenvalue weighted by Crippen LogP contribution is 2.42. The van der Waals surface area contributed by atoms with Crippen molar-refractivity contribution in [1.29, 1.82) is 5.26 Å². The number of hydrogen-bond donors (Lipinski definition) is 3. The van der Waals surface area contributed by atoms with Gasteiger partial charge in [0.05, 0.1) is 18.1 Å². The number of nitrogens with zero attached hydrogens (tertiary/aromatic N) is 1. The third-order valence-electron chi connectivity index (χ3n) is 4.97. The minimum atomic E-state index is -0.914. The Labute approximate surface area is 163 Å². The average molecular weight is 387 g/mol. The molecule has 0 saturated heterocycles. The minimum Gasteiger partial charge on any atom is -0.481 e. The summed E-state index contributed by atoms with van der Waals surface area (Å²) in [5, 5.41) is 17.9. The fourth-order valence-corrected chi connectivity index (χ4v) is 3.52. The largest absolute Gasteiger partial charge is 0.481 e. The molecule has 28 heavy (non-hydrogen) atoms. The van der Waals surface area contributed by atoms with E-state index in [1.807, 2.05) is 6.07 Å². The van der Waals surface area contributed by atoms with Crippen LogP contribution in [0, 0.1) is 16.7 Å². The molecule has 0 aromatic heterocycles. The normalized spacial score (nSPS) is 16.3. The van der Waals surface area contributed by atoms with Gasteiger partial charge in [0.2, 0.25) is 5.91 Å². The SMILES string of the molecule is CC(Oc1ccc(C#N)cc1)C(=O)NNC(=O)CC1(CC(=O)O)CCCCC1. The summed E-state index contributed by atoms with van der Waals surface area (Å²) in [5.41, 5.74) is 4.61. The monoisotopic (exact) mass is 387 g/mol. The second-order valence-corrected chi connectivity index (χ2v) is 7.24. The number of aliphatic carboxylic acids is 1. The Balaban J connectivity index is 1.83. The zero-order valence-corrected chi connectivity index (χ0v) is 15.9. The molecule has 2 amide bonds. The van der Waals surface area contributed by atoms with Gasteiger partial charge in [-0.05, 0) is 49.4 Å². The highest BCUT2D eigenvalue weighted by molar-refractivity contribution is 5.85. The van der Waals surface area contributed by atoms with Gasteiger partial charge in [-0.25, -0.2) is 0 Å².